The van der Waals surface area contributed by atoms with Gasteiger partial charge in [0.1, 0.15) is 36.1 Å². The summed E-state index contributed by atoms with van der Waals surface area (Å²) in [5.74, 6) is -1.62. The highest BCUT2D eigenvalue weighted by atomic mass is 35.5. The van der Waals surface area contributed by atoms with E-state index < -0.39 is 18.0 Å². The molecule has 46 heavy (non-hydrogen) atoms. The fourth-order valence-electron chi connectivity index (χ4n) is 5.65. The molecule has 0 saturated heterocycles. The molecule has 0 spiro atoms. The third kappa shape index (κ3) is 7.82. The number of aliphatic carboxylic acids is 1. The first-order valence-corrected chi connectivity index (χ1v) is 15.4. The van der Waals surface area contributed by atoms with Crippen LogP contribution in [0.4, 0.5) is 4.39 Å². The molecule has 0 radical (unpaired) electrons. The smallest absolute Gasteiger partial charge is 0.337 e. The molecule has 2 unspecified atom stereocenters. The monoisotopic (exact) mass is 647 g/mol. The number of nitrogens with two attached hydrogens (primary N) is 1. The Morgan fingerprint density at radius 3 is 2.61 bits per heavy atom. The van der Waals surface area contributed by atoms with Crippen LogP contribution in [0.5, 0.6) is 11.5 Å². The first-order valence-electron chi connectivity index (χ1n) is 15.1. The lowest BCUT2D eigenvalue weighted by atomic mass is 9.96. The van der Waals surface area contributed by atoms with E-state index in [1.807, 2.05) is 24.3 Å². The lowest BCUT2D eigenvalue weighted by Crippen LogP contribution is -2.36. The van der Waals surface area contributed by atoms with Gasteiger partial charge in [-0.05, 0) is 67.1 Å². The van der Waals surface area contributed by atoms with E-state index in [0.717, 1.165) is 16.7 Å². The van der Waals surface area contributed by atoms with Crippen molar-refractivity contribution in [2.45, 2.75) is 57.4 Å². The van der Waals surface area contributed by atoms with Gasteiger partial charge in [-0.15, -0.1) is 0 Å². The van der Waals surface area contributed by atoms with E-state index in [0.29, 0.717) is 71.9 Å². The number of aromatic carboxylic acids is 1. The zero-order valence-electron chi connectivity index (χ0n) is 25.0. The number of halogens is 2. The Balaban J connectivity index is 1.41. The zero-order valence-corrected chi connectivity index (χ0v) is 25.8. The van der Waals surface area contributed by atoms with Crippen molar-refractivity contribution in [1.82, 2.24) is 10.3 Å². The van der Waals surface area contributed by atoms with E-state index in [4.69, 9.17) is 26.8 Å². The van der Waals surface area contributed by atoms with Crippen LogP contribution in [-0.2, 0) is 24.4 Å². The Hall–Kier alpha value is -4.51. The Kier molecular flexibility index (Phi) is 10.8. The molecular weight excluding hydrogens is 613 g/mol. The Bertz CT molecular complexity index is 1720. The molecule has 5 N–H and O–H groups in total. The Labute approximate surface area is 271 Å². The van der Waals surface area contributed by atoms with Crippen molar-refractivity contribution in [3.8, 4) is 22.6 Å². The lowest BCUT2D eigenvalue weighted by Gasteiger charge is -2.21. The van der Waals surface area contributed by atoms with Gasteiger partial charge in [-0.1, -0.05) is 54.4 Å². The maximum absolute atomic E-state index is 14.7. The van der Waals surface area contributed by atoms with Gasteiger partial charge in [0.05, 0.1) is 10.6 Å². The van der Waals surface area contributed by atoms with Gasteiger partial charge in [0, 0.05) is 41.7 Å². The Morgan fingerprint density at radius 1 is 1.04 bits per heavy atom. The zero-order chi connectivity index (χ0) is 32.6. The number of nitrogens with zero attached hydrogens (tertiary/aromatic N) is 1. The molecule has 240 valence electrons. The van der Waals surface area contributed by atoms with Crippen molar-refractivity contribution in [3.05, 3.63) is 112 Å². The number of unbranched alkanes of at least 4 members (excludes halogenated alkanes) is 1. The van der Waals surface area contributed by atoms with E-state index >= 15 is 0 Å². The SMILES string of the molecule is NCCCCC(NCc1cc(Cl)c(OC2CCc3c(-c4ccccc4F)cccc32)cc1OCc1cncc(C(=O)O)c1)C(=O)O. The molecule has 1 aliphatic rings. The summed E-state index contributed by atoms with van der Waals surface area (Å²) >= 11 is 6.74. The summed E-state index contributed by atoms with van der Waals surface area (Å²) in [6.45, 7) is 0.620. The highest BCUT2D eigenvalue weighted by Crippen LogP contribution is 2.43. The number of benzene rings is 3. The molecule has 9 nitrogen and oxygen atoms in total. The first-order chi connectivity index (χ1) is 22.2. The van der Waals surface area contributed by atoms with E-state index in [1.165, 1.54) is 24.5 Å². The number of carboxylic acids is 2. The third-order valence-corrected chi connectivity index (χ3v) is 8.28. The maximum Gasteiger partial charge on any atom is 0.337 e. The molecule has 1 aliphatic carbocycles. The fourth-order valence-corrected chi connectivity index (χ4v) is 5.88. The number of carboxylic acid groups (broad SMARTS) is 2. The molecular formula is C35H35ClFN3O6. The second-order valence-corrected chi connectivity index (χ2v) is 11.5. The number of hydrogen-bond donors (Lipinski definition) is 4. The molecule has 3 aromatic carbocycles. The van der Waals surface area contributed by atoms with Crippen molar-refractivity contribution in [1.29, 1.82) is 0 Å². The topological polar surface area (TPSA) is 144 Å². The molecule has 11 heteroatoms. The van der Waals surface area contributed by atoms with Crippen molar-refractivity contribution in [3.63, 3.8) is 0 Å². The van der Waals surface area contributed by atoms with Gasteiger partial charge in [0.15, 0.2) is 0 Å². The molecule has 1 aromatic heterocycles. The van der Waals surface area contributed by atoms with E-state index in [9.17, 15) is 24.2 Å². The predicted octanol–water partition coefficient (Wildman–Crippen LogP) is 6.56. The van der Waals surface area contributed by atoms with E-state index in [1.54, 1.807) is 24.3 Å². The van der Waals surface area contributed by atoms with Crippen LogP contribution in [0, 0.1) is 5.82 Å². The number of pyridine rings is 1. The number of hydrogen-bond acceptors (Lipinski definition) is 7. The van der Waals surface area contributed by atoms with Crippen LogP contribution in [0.1, 0.15) is 64.4 Å². The van der Waals surface area contributed by atoms with Gasteiger partial charge in [-0.2, -0.15) is 0 Å². The molecule has 0 amide bonds. The minimum atomic E-state index is -1.11. The van der Waals surface area contributed by atoms with Gasteiger partial charge in [-0.3, -0.25) is 9.78 Å². The third-order valence-electron chi connectivity index (χ3n) is 7.98. The van der Waals surface area contributed by atoms with Gasteiger partial charge < -0.3 is 30.7 Å². The largest absolute Gasteiger partial charge is 0.488 e. The fraction of sp³-hybridized carbons (Fsp3) is 0.286. The number of nitrogens with one attached hydrogen (secondary N) is 1. The second kappa shape index (κ2) is 15.2. The highest BCUT2D eigenvalue weighted by molar-refractivity contribution is 6.32. The number of fused-ring (bicyclic) bond motifs is 1. The average Bonchev–Trinajstić information content (AvgIpc) is 3.46. The van der Waals surface area contributed by atoms with Crippen LogP contribution in [0.3, 0.4) is 0 Å². The van der Waals surface area contributed by atoms with Crippen LogP contribution in [0.2, 0.25) is 5.02 Å². The van der Waals surface area contributed by atoms with Crippen LogP contribution in [-0.4, -0.2) is 39.7 Å². The summed E-state index contributed by atoms with van der Waals surface area (Å²) in [5, 5.41) is 22.5. The maximum atomic E-state index is 14.7. The normalized spacial score (nSPS) is 14.5. The van der Waals surface area contributed by atoms with E-state index in [-0.39, 0.29) is 30.6 Å². The number of rotatable bonds is 15. The summed E-state index contributed by atoms with van der Waals surface area (Å²) in [4.78, 5) is 27.3. The molecule has 0 fully saturated rings. The summed E-state index contributed by atoms with van der Waals surface area (Å²) < 4.78 is 27.3. The molecule has 0 bridgehead atoms. The van der Waals surface area contributed by atoms with Crippen molar-refractivity contribution < 1.29 is 33.7 Å². The molecule has 2 atom stereocenters. The molecule has 0 saturated carbocycles. The van der Waals surface area contributed by atoms with Gasteiger partial charge in [-0.25, -0.2) is 9.18 Å². The summed E-state index contributed by atoms with van der Waals surface area (Å²) in [7, 11) is 0. The van der Waals surface area contributed by atoms with Crippen LogP contribution in [0.25, 0.3) is 11.1 Å². The number of aromatic nitrogens is 1. The molecule has 4 aromatic rings. The molecule has 5 rings (SSSR count). The first kappa shape index (κ1) is 32.9. The van der Waals surface area contributed by atoms with Gasteiger partial charge in [0.2, 0.25) is 0 Å². The van der Waals surface area contributed by atoms with E-state index in [2.05, 4.69) is 10.3 Å². The molecule has 0 aliphatic heterocycles. The van der Waals surface area contributed by atoms with Gasteiger partial charge >= 0.3 is 11.9 Å². The Morgan fingerprint density at radius 2 is 1.85 bits per heavy atom. The average molecular weight is 648 g/mol. The minimum Gasteiger partial charge on any atom is -0.488 e. The molecule has 1 heterocycles. The summed E-state index contributed by atoms with van der Waals surface area (Å²) in [6.07, 6.45) is 5.56. The van der Waals surface area contributed by atoms with Crippen LogP contribution in [0.15, 0.2) is 73.1 Å². The van der Waals surface area contributed by atoms with Crippen molar-refractivity contribution in [2.75, 3.05) is 6.54 Å². The second-order valence-electron chi connectivity index (χ2n) is 11.1. The predicted molar refractivity (Wildman–Crippen MR) is 172 cm³/mol. The van der Waals surface area contributed by atoms with Crippen LogP contribution < -0.4 is 20.5 Å². The number of ether oxygens (including phenoxy) is 2. The highest BCUT2D eigenvalue weighted by Gasteiger charge is 2.28. The van der Waals surface area contributed by atoms with Crippen LogP contribution >= 0.6 is 11.6 Å². The van der Waals surface area contributed by atoms with Crippen molar-refractivity contribution >= 4 is 23.5 Å². The van der Waals surface area contributed by atoms with Gasteiger partial charge in [0.25, 0.3) is 0 Å². The quantitative estimate of drug-likeness (QED) is 0.106. The standard InChI is InChI=1S/C35H35ClFN3O6/c36-28-15-22(19-40-30(35(43)44)10-3-4-13-38)32(45-20-21-14-23(34(41)42)18-39-17-21)16-33(28)46-31-12-11-25-24(7-5-8-27(25)31)26-6-1-2-9-29(26)37/h1-2,5-9,14-18,30-31,40H,3-4,10-13,19-20,38H2,(H,41,42)(H,43,44). The number of carbonyl (C=O) groups is 2. The van der Waals surface area contributed by atoms with Crippen molar-refractivity contribution in [2.24, 2.45) is 5.73 Å². The lowest BCUT2D eigenvalue weighted by molar-refractivity contribution is -0.139. The minimum absolute atomic E-state index is 0.000681. The summed E-state index contributed by atoms with van der Waals surface area (Å²) in [5.41, 5.74) is 10.1. The summed E-state index contributed by atoms with van der Waals surface area (Å²) in [6, 6.07) is 16.5.